The third-order valence-electron chi connectivity index (χ3n) is 2.72. The molecule has 0 bridgehead atoms. The van der Waals surface area contributed by atoms with E-state index in [1.54, 1.807) is 16.6 Å². The molecule has 0 atom stereocenters. The number of anilines is 1. The van der Waals surface area contributed by atoms with E-state index in [1.807, 2.05) is 30.5 Å². The first-order valence-corrected chi connectivity index (χ1v) is 6.54. The Balaban J connectivity index is 1.80. The summed E-state index contributed by atoms with van der Waals surface area (Å²) < 4.78 is 2.63. The van der Waals surface area contributed by atoms with Crippen molar-refractivity contribution in [3.05, 3.63) is 52.6 Å². The fraction of sp³-hybridized carbons (Fsp3) is 0.0769. The zero-order chi connectivity index (χ0) is 13.2. The molecule has 0 aliphatic heterocycles. The molecule has 6 heteroatoms. The summed E-state index contributed by atoms with van der Waals surface area (Å²) in [5, 5.41) is 17.1. The summed E-state index contributed by atoms with van der Waals surface area (Å²) in [6, 6.07) is 11.0. The predicted molar refractivity (Wildman–Crippen MR) is 76.1 cm³/mol. The summed E-state index contributed by atoms with van der Waals surface area (Å²) in [6.45, 7) is 0.477. The van der Waals surface area contributed by atoms with Gasteiger partial charge in [-0.15, -0.1) is 5.10 Å². The van der Waals surface area contributed by atoms with Gasteiger partial charge < -0.3 is 10.4 Å². The van der Waals surface area contributed by atoms with Crippen LogP contribution in [-0.4, -0.2) is 19.7 Å². The number of aromatic hydroxyl groups is 1. The Labute approximate surface area is 118 Å². The van der Waals surface area contributed by atoms with Crippen molar-refractivity contribution in [2.45, 2.75) is 6.54 Å². The summed E-state index contributed by atoms with van der Waals surface area (Å²) in [5.41, 5.74) is 1.57. The maximum Gasteiger partial charge on any atom is 0.243 e. The molecule has 5 nitrogen and oxygen atoms in total. The van der Waals surface area contributed by atoms with Crippen molar-refractivity contribution in [1.29, 1.82) is 0 Å². The molecule has 1 aromatic carbocycles. The van der Waals surface area contributed by atoms with Crippen LogP contribution in [0.5, 0.6) is 5.75 Å². The van der Waals surface area contributed by atoms with Gasteiger partial charge in [0.2, 0.25) is 5.95 Å². The molecular weight excluding hydrogens is 308 g/mol. The number of phenolic OH excluding ortho intramolecular Hbond substituents is 1. The van der Waals surface area contributed by atoms with Gasteiger partial charge in [-0.2, -0.15) is 4.98 Å². The largest absolute Gasteiger partial charge is 0.508 e. The lowest BCUT2D eigenvalue weighted by Gasteiger charge is -2.03. The lowest BCUT2D eigenvalue weighted by Crippen LogP contribution is -2.01. The number of nitrogens with zero attached hydrogens (tertiary/aromatic N) is 3. The predicted octanol–water partition coefficient (Wildman–Crippen LogP) is 2.81. The SMILES string of the molecule is Oc1ccccc1CNc1nc2ccc(Br)cn2n1. The van der Waals surface area contributed by atoms with Crippen molar-refractivity contribution < 1.29 is 5.11 Å². The Morgan fingerprint density at radius 1 is 1.21 bits per heavy atom. The number of hydrogen-bond donors (Lipinski definition) is 2. The molecule has 0 saturated carbocycles. The van der Waals surface area contributed by atoms with Crippen LogP contribution >= 0.6 is 15.9 Å². The normalized spacial score (nSPS) is 10.8. The van der Waals surface area contributed by atoms with E-state index in [4.69, 9.17) is 0 Å². The molecule has 0 radical (unpaired) electrons. The molecule has 0 fully saturated rings. The molecule has 0 aliphatic carbocycles. The van der Waals surface area contributed by atoms with Crippen molar-refractivity contribution in [2.24, 2.45) is 0 Å². The van der Waals surface area contributed by atoms with E-state index in [2.05, 4.69) is 31.3 Å². The number of fused-ring (bicyclic) bond motifs is 1. The third-order valence-corrected chi connectivity index (χ3v) is 3.19. The van der Waals surface area contributed by atoms with Crippen molar-refractivity contribution in [3.63, 3.8) is 0 Å². The highest BCUT2D eigenvalue weighted by molar-refractivity contribution is 9.10. The maximum atomic E-state index is 9.67. The molecule has 3 aromatic rings. The molecule has 0 aliphatic rings. The van der Waals surface area contributed by atoms with Crippen LogP contribution in [0.25, 0.3) is 5.65 Å². The van der Waals surface area contributed by atoms with Gasteiger partial charge >= 0.3 is 0 Å². The standard InChI is InChI=1S/C13H11BrN4O/c14-10-5-6-12-16-13(17-18(12)8-10)15-7-9-3-1-2-4-11(9)19/h1-6,8,19H,7H2,(H,15,17). The highest BCUT2D eigenvalue weighted by atomic mass is 79.9. The summed E-state index contributed by atoms with van der Waals surface area (Å²) >= 11 is 3.38. The molecular formula is C13H11BrN4O. The topological polar surface area (TPSA) is 62.5 Å². The Morgan fingerprint density at radius 3 is 2.89 bits per heavy atom. The lowest BCUT2D eigenvalue weighted by molar-refractivity contribution is 0.469. The Bertz CT molecular complexity index is 725. The number of nitrogens with one attached hydrogen (secondary N) is 1. The second-order valence-electron chi connectivity index (χ2n) is 4.07. The summed E-state index contributed by atoms with van der Waals surface area (Å²) in [6.07, 6.45) is 1.84. The molecule has 2 N–H and O–H groups in total. The van der Waals surface area contributed by atoms with Gasteiger partial charge in [-0.1, -0.05) is 18.2 Å². The van der Waals surface area contributed by atoms with Gasteiger partial charge in [0.05, 0.1) is 0 Å². The summed E-state index contributed by atoms with van der Waals surface area (Å²) in [4.78, 5) is 4.34. The first kappa shape index (κ1) is 12.0. The summed E-state index contributed by atoms with van der Waals surface area (Å²) in [5.74, 6) is 0.794. The fourth-order valence-corrected chi connectivity index (χ4v) is 2.09. The van der Waals surface area contributed by atoms with Crippen LogP contribution in [0.3, 0.4) is 0 Å². The Hall–Kier alpha value is -2.08. The van der Waals surface area contributed by atoms with Gasteiger partial charge in [0.25, 0.3) is 0 Å². The Kier molecular flexibility index (Phi) is 3.08. The van der Waals surface area contributed by atoms with Gasteiger partial charge in [0, 0.05) is 22.8 Å². The van der Waals surface area contributed by atoms with Gasteiger partial charge in [-0.05, 0) is 34.1 Å². The van der Waals surface area contributed by atoms with Crippen molar-refractivity contribution in [1.82, 2.24) is 14.6 Å². The highest BCUT2D eigenvalue weighted by Gasteiger charge is 2.05. The van der Waals surface area contributed by atoms with E-state index >= 15 is 0 Å². The third kappa shape index (κ3) is 2.53. The van der Waals surface area contributed by atoms with Crippen LogP contribution in [0.15, 0.2) is 47.1 Å². The molecule has 2 heterocycles. The van der Waals surface area contributed by atoms with E-state index in [0.29, 0.717) is 12.5 Å². The van der Waals surface area contributed by atoms with Crippen LogP contribution in [0, 0.1) is 0 Å². The molecule has 0 amide bonds. The molecule has 2 aromatic heterocycles. The first-order chi connectivity index (χ1) is 9.22. The van der Waals surface area contributed by atoms with E-state index < -0.39 is 0 Å². The lowest BCUT2D eigenvalue weighted by atomic mass is 10.2. The van der Waals surface area contributed by atoms with Gasteiger partial charge in [-0.3, -0.25) is 0 Å². The minimum absolute atomic E-state index is 0.265. The smallest absolute Gasteiger partial charge is 0.243 e. The van der Waals surface area contributed by atoms with Crippen molar-refractivity contribution >= 4 is 27.5 Å². The van der Waals surface area contributed by atoms with Crippen molar-refractivity contribution in [2.75, 3.05) is 5.32 Å². The van der Waals surface area contributed by atoms with E-state index in [-0.39, 0.29) is 5.75 Å². The average molecular weight is 319 g/mol. The number of rotatable bonds is 3. The van der Waals surface area contributed by atoms with Crippen molar-refractivity contribution in [3.8, 4) is 5.75 Å². The van der Waals surface area contributed by atoms with Gasteiger partial charge in [0.15, 0.2) is 5.65 Å². The minimum Gasteiger partial charge on any atom is -0.508 e. The number of aromatic nitrogens is 3. The minimum atomic E-state index is 0.265. The molecule has 3 rings (SSSR count). The monoisotopic (exact) mass is 318 g/mol. The van der Waals surface area contributed by atoms with Crippen LogP contribution in [0.4, 0.5) is 5.95 Å². The number of pyridine rings is 1. The zero-order valence-corrected chi connectivity index (χ0v) is 11.5. The van der Waals surface area contributed by atoms with E-state index in [1.165, 1.54) is 0 Å². The van der Waals surface area contributed by atoms with Gasteiger partial charge in [-0.25, -0.2) is 4.52 Å². The number of halogens is 1. The number of hydrogen-bond acceptors (Lipinski definition) is 4. The highest BCUT2D eigenvalue weighted by Crippen LogP contribution is 2.17. The van der Waals surface area contributed by atoms with Crippen LogP contribution in [0.1, 0.15) is 5.56 Å². The molecule has 0 spiro atoms. The molecule has 19 heavy (non-hydrogen) atoms. The number of benzene rings is 1. The van der Waals surface area contributed by atoms with Gasteiger partial charge in [0.1, 0.15) is 5.75 Å². The molecule has 0 unspecified atom stereocenters. The molecule has 0 saturated heterocycles. The average Bonchev–Trinajstić information content (AvgIpc) is 2.79. The first-order valence-electron chi connectivity index (χ1n) is 5.75. The van der Waals surface area contributed by atoms with Crippen LogP contribution < -0.4 is 5.32 Å². The second kappa shape index (κ2) is 4.89. The van der Waals surface area contributed by atoms with E-state index in [9.17, 15) is 5.11 Å². The maximum absolute atomic E-state index is 9.67. The second-order valence-corrected chi connectivity index (χ2v) is 4.98. The zero-order valence-electron chi connectivity index (χ0n) is 9.92. The Morgan fingerprint density at radius 2 is 2.05 bits per heavy atom. The van der Waals surface area contributed by atoms with Crippen LogP contribution in [0.2, 0.25) is 0 Å². The number of phenols is 1. The fourth-order valence-electron chi connectivity index (χ4n) is 1.77. The van der Waals surface area contributed by atoms with E-state index in [0.717, 1.165) is 15.7 Å². The number of para-hydroxylation sites is 1. The quantitative estimate of drug-likeness (QED) is 0.779. The van der Waals surface area contributed by atoms with Crippen LogP contribution in [-0.2, 0) is 6.54 Å². The molecule has 96 valence electrons. The summed E-state index contributed by atoms with van der Waals surface area (Å²) in [7, 11) is 0.